The molecule has 1 N–H and O–H groups in total. The zero-order chi connectivity index (χ0) is 8.27. The van der Waals surface area contributed by atoms with Crippen molar-refractivity contribution in [3.05, 3.63) is 0 Å². The highest BCUT2D eigenvalue weighted by Crippen LogP contribution is 2.34. The summed E-state index contributed by atoms with van der Waals surface area (Å²) in [5, 5.41) is 3.40. The highest BCUT2D eigenvalue weighted by molar-refractivity contribution is 4.79. The fraction of sp³-hybridized carbons (Fsp3) is 1.00. The third-order valence-electron chi connectivity index (χ3n) is 2.48. The van der Waals surface area contributed by atoms with Crippen molar-refractivity contribution in [3.63, 3.8) is 0 Å². The average molecular weight is 155 g/mol. The molecule has 0 amide bonds. The van der Waals surface area contributed by atoms with Gasteiger partial charge in [0.2, 0.25) is 0 Å². The van der Waals surface area contributed by atoms with Gasteiger partial charge in [0.1, 0.15) is 0 Å². The van der Waals surface area contributed by atoms with Gasteiger partial charge in [0.05, 0.1) is 0 Å². The predicted molar refractivity (Wildman–Crippen MR) is 49.6 cm³/mol. The standard InChI is InChI=1S/C10H21N/c1-8(2)6-10(11-3)7-9-4-5-9/h8-11H,4-7H2,1-3H3. The van der Waals surface area contributed by atoms with Crippen molar-refractivity contribution >= 4 is 0 Å². The van der Waals surface area contributed by atoms with E-state index in [1.165, 1.54) is 25.7 Å². The molecule has 0 spiro atoms. The average Bonchev–Trinajstić information content (AvgIpc) is 2.69. The molecule has 1 aliphatic carbocycles. The molecule has 1 unspecified atom stereocenters. The molecule has 11 heavy (non-hydrogen) atoms. The fourth-order valence-corrected chi connectivity index (χ4v) is 1.66. The largest absolute Gasteiger partial charge is 0.317 e. The first-order valence-corrected chi connectivity index (χ1v) is 4.89. The monoisotopic (exact) mass is 155 g/mol. The van der Waals surface area contributed by atoms with E-state index in [1.54, 1.807) is 0 Å². The summed E-state index contributed by atoms with van der Waals surface area (Å²) in [5.74, 6) is 1.90. The van der Waals surface area contributed by atoms with Gasteiger partial charge in [0.15, 0.2) is 0 Å². The zero-order valence-corrected chi connectivity index (χ0v) is 8.06. The van der Waals surface area contributed by atoms with Crippen molar-refractivity contribution in [1.29, 1.82) is 0 Å². The molecule has 0 aromatic rings. The number of hydrogen-bond acceptors (Lipinski definition) is 1. The lowest BCUT2D eigenvalue weighted by molar-refractivity contribution is 0.406. The van der Waals surface area contributed by atoms with Gasteiger partial charge < -0.3 is 5.32 Å². The van der Waals surface area contributed by atoms with Crippen LogP contribution in [0.3, 0.4) is 0 Å². The molecule has 1 heteroatoms. The lowest BCUT2D eigenvalue weighted by Crippen LogP contribution is -2.27. The van der Waals surface area contributed by atoms with Gasteiger partial charge in [-0.25, -0.2) is 0 Å². The second kappa shape index (κ2) is 4.10. The van der Waals surface area contributed by atoms with Gasteiger partial charge in [0, 0.05) is 6.04 Å². The highest BCUT2D eigenvalue weighted by atomic mass is 14.9. The molecule has 0 aromatic carbocycles. The van der Waals surface area contributed by atoms with Crippen LogP contribution in [0.15, 0.2) is 0 Å². The van der Waals surface area contributed by atoms with Crippen LogP contribution in [-0.2, 0) is 0 Å². The predicted octanol–water partition coefficient (Wildman–Crippen LogP) is 2.42. The first kappa shape index (κ1) is 9.05. The minimum absolute atomic E-state index is 0.780. The Morgan fingerprint density at radius 3 is 2.36 bits per heavy atom. The number of nitrogens with one attached hydrogen (secondary N) is 1. The molecule has 0 heterocycles. The van der Waals surface area contributed by atoms with Crippen molar-refractivity contribution in [2.45, 2.75) is 45.6 Å². The van der Waals surface area contributed by atoms with E-state index in [0.717, 1.165) is 17.9 Å². The normalized spacial score (nSPS) is 20.7. The van der Waals surface area contributed by atoms with Gasteiger partial charge in [-0.2, -0.15) is 0 Å². The van der Waals surface area contributed by atoms with Crippen LogP contribution in [0.25, 0.3) is 0 Å². The van der Waals surface area contributed by atoms with Crippen LogP contribution in [0.5, 0.6) is 0 Å². The van der Waals surface area contributed by atoms with E-state index in [1.807, 2.05) is 0 Å². The Morgan fingerprint density at radius 1 is 1.36 bits per heavy atom. The summed E-state index contributed by atoms with van der Waals surface area (Å²) in [4.78, 5) is 0. The third kappa shape index (κ3) is 3.76. The maximum absolute atomic E-state index is 3.40. The molecule has 1 nitrogen and oxygen atoms in total. The molecule has 0 bridgehead atoms. The van der Waals surface area contributed by atoms with Gasteiger partial charge in [0.25, 0.3) is 0 Å². The molecule has 1 fully saturated rings. The molecule has 1 rings (SSSR count). The Kier molecular flexibility index (Phi) is 3.38. The number of hydrogen-bond donors (Lipinski definition) is 1. The summed E-state index contributed by atoms with van der Waals surface area (Å²) in [6, 6.07) is 0.780. The number of rotatable bonds is 5. The van der Waals surface area contributed by atoms with Crippen LogP contribution in [0.1, 0.15) is 39.5 Å². The molecule has 0 radical (unpaired) electrons. The topological polar surface area (TPSA) is 12.0 Å². The van der Waals surface area contributed by atoms with Gasteiger partial charge in [-0.15, -0.1) is 0 Å². The molecule has 1 aliphatic rings. The highest BCUT2D eigenvalue weighted by Gasteiger charge is 2.24. The summed E-state index contributed by atoms with van der Waals surface area (Å²) in [7, 11) is 2.09. The molecule has 0 saturated heterocycles. The molecule has 66 valence electrons. The van der Waals surface area contributed by atoms with Crippen LogP contribution < -0.4 is 5.32 Å². The van der Waals surface area contributed by atoms with E-state index < -0.39 is 0 Å². The second-order valence-electron chi connectivity index (χ2n) is 4.29. The molecule has 0 aromatic heterocycles. The Morgan fingerprint density at radius 2 is 2.00 bits per heavy atom. The lowest BCUT2D eigenvalue weighted by Gasteiger charge is -2.17. The quantitative estimate of drug-likeness (QED) is 0.643. The Balaban J connectivity index is 2.12. The van der Waals surface area contributed by atoms with Crippen LogP contribution in [0.2, 0.25) is 0 Å². The second-order valence-corrected chi connectivity index (χ2v) is 4.29. The molecule has 1 atom stereocenters. The molecular weight excluding hydrogens is 134 g/mol. The van der Waals surface area contributed by atoms with E-state index in [-0.39, 0.29) is 0 Å². The zero-order valence-electron chi connectivity index (χ0n) is 8.06. The molecular formula is C10H21N. The van der Waals surface area contributed by atoms with Crippen LogP contribution in [-0.4, -0.2) is 13.1 Å². The van der Waals surface area contributed by atoms with Crippen molar-refractivity contribution in [1.82, 2.24) is 5.32 Å². The van der Waals surface area contributed by atoms with Gasteiger partial charge in [-0.1, -0.05) is 26.7 Å². The lowest BCUT2D eigenvalue weighted by atomic mass is 9.99. The first-order chi connectivity index (χ1) is 5.22. The van der Waals surface area contributed by atoms with Crippen molar-refractivity contribution in [2.75, 3.05) is 7.05 Å². The van der Waals surface area contributed by atoms with Crippen molar-refractivity contribution < 1.29 is 0 Å². The summed E-state index contributed by atoms with van der Waals surface area (Å²) >= 11 is 0. The van der Waals surface area contributed by atoms with E-state index >= 15 is 0 Å². The van der Waals surface area contributed by atoms with Crippen LogP contribution >= 0.6 is 0 Å². The van der Waals surface area contributed by atoms with E-state index in [9.17, 15) is 0 Å². The first-order valence-electron chi connectivity index (χ1n) is 4.89. The summed E-state index contributed by atoms with van der Waals surface area (Å²) < 4.78 is 0. The smallest absolute Gasteiger partial charge is 0.00691 e. The Labute approximate surface area is 70.6 Å². The Bertz CT molecular complexity index is 101. The van der Waals surface area contributed by atoms with E-state index in [0.29, 0.717) is 0 Å². The van der Waals surface area contributed by atoms with Gasteiger partial charge in [-0.3, -0.25) is 0 Å². The van der Waals surface area contributed by atoms with E-state index in [4.69, 9.17) is 0 Å². The fourth-order valence-electron chi connectivity index (χ4n) is 1.66. The minimum atomic E-state index is 0.780. The van der Waals surface area contributed by atoms with E-state index in [2.05, 4.69) is 26.2 Å². The third-order valence-corrected chi connectivity index (χ3v) is 2.48. The molecule has 1 saturated carbocycles. The summed E-state index contributed by atoms with van der Waals surface area (Å²) in [6.07, 6.45) is 5.72. The minimum Gasteiger partial charge on any atom is -0.317 e. The SMILES string of the molecule is CNC(CC(C)C)CC1CC1. The van der Waals surface area contributed by atoms with Crippen LogP contribution in [0, 0.1) is 11.8 Å². The maximum Gasteiger partial charge on any atom is 0.00691 e. The summed E-state index contributed by atoms with van der Waals surface area (Å²) in [5.41, 5.74) is 0. The molecule has 0 aliphatic heterocycles. The van der Waals surface area contributed by atoms with Crippen molar-refractivity contribution in [2.24, 2.45) is 11.8 Å². The maximum atomic E-state index is 3.40. The van der Waals surface area contributed by atoms with Crippen LogP contribution in [0.4, 0.5) is 0 Å². The van der Waals surface area contributed by atoms with Gasteiger partial charge in [-0.05, 0) is 31.7 Å². The Hall–Kier alpha value is -0.0400. The van der Waals surface area contributed by atoms with Gasteiger partial charge >= 0.3 is 0 Å². The summed E-state index contributed by atoms with van der Waals surface area (Å²) in [6.45, 7) is 4.61. The van der Waals surface area contributed by atoms with Crippen molar-refractivity contribution in [3.8, 4) is 0 Å².